The van der Waals surface area contributed by atoms with Gasteiger partial charge in [-0.25, -0.2) is 4.79 Å². The van der Waals surface area contributed by atoms with Crippen LogP contribution in [0.15, 0.2) is 122 Å². The fourth-order valence-electron chi connectivity index (χ4n) is 6.75. The van der Waals surface area contributed by atoms with Crippen LogP contribution in [0.4, 0.5) is 0 Å². The molecule has 8 heteroatoms. The van der Waals surface area contributed by atoms with Gasteiger partial charge in [-0.3, -0.25) is 9.59 Å². The van der Waals surface area contributed by atoms with Crippen LogP contribution < -0.4 is 0 Å². The molecule has 0 saturated heterocycles. The molecule has 0 aliphatic rings. The second-order valence-corrected chi connectivity index (χ2v) is 17.7. The number of carbonyl (C=O) groups is 3. The molecule has 0 fully saturated rings. The average Bonchev–Trinajstić information content (AvgIpc) is 3.28. The third kappa shape index (κ3) is 44.9. The number of quaternary nitrogens is 1. The number of carbonyl (C=O) groups excluding carboxylic acids is 2. The van der Waals surface area contributed by atoms with Crippen LogP contribution in [0, 0.1) is 0 Å². The van der Waals surface area contributed by atoms with E-state index < -0.39 is 24.1 Å². The summed E-state index contributed by atoms with van der Waals surface area (Å²) in [5.74, 6) is -1.59. The topological polar surface area (TPSA) is 99.1 Å². The number of carboxylic acids is 1. The highest BCUT2D eigenvalue weighted by molar-refractivity contribution is 5.72. The molecule has 0 bridgehead atoms. The molecule has 0 spiro atoms. The fourth-order valence-corrected chi connectivity index (χ4v) is 6.75. The number of likely N-dealkylation sites (N-methyl/N-ethyl adjacent to an activating group) is 1. The smallest absolute Gasteiger partial charge is 0.362 e. The summed E-state index contributed by atoms with van der Waals surface area (Å²) in [5.41, 5.74) is 0. The van der Waals surface area contributed by atoms with Crippen molar-refractivity contribution in [2.45, 2.75) is 187 Å². The molecule has 2 unspecified atom stereocenters. The Balaban J connectivity index is 4.37. The van der Waals surface area contributed by atoms with E-state index in [2.05, 4.69) is 123 Å². The van der Waals surface area contributed by atoms with Crippen molar-refractivity contribution in [1.29, 1.82) is 0 Å². The zero-order valence-electron chi connectivity index (χ0n) is 42.3. The number of allylic oxidation sites excluding steroid dienone is 20. The standard InChI is InChI=1S/C58H93NO7/c1-6-8-10-12-14-16-18-20-22-24-26-27-28-29-31-32-34-36-38-40-42-44-46-48-56(60)65-53-54(52-64-51-50-55(58(62)63)59(3,4)5)66-57(61)49-47-45-43-41-39-37-35-33-30-25-23-21-19-17-15-13-11-9-7-2/h8-11,14-17,20-23,26-27,30,33,37,39,43,45,54-55H,6-7,12-13,18-19,24-25,28-29,31-32,34-36,38,40-42,44,46-53H2,1-5H3/p+1/b10-8-,11-9-,16-14-,17-15-,22-20-,23-21-,27-26-,33-30-,39-37-,45-43-. The molecule has 1 N–H and O–H groups in total. The van der Waals surface area contributed by atoms with Gasteiger partial charge in [-0.2, -0.15) is 0 Å². The minimum absolute atomic E-state index is 0.0215. The van der Waals surface area contributed by atoms with Gasteiger partial charge in [-0.15, -0.1) is 0 Å². The highest BCUT2D eigenvalue weighted by Gasteiger charge is 2.31. The number of esters is 2. The lowest BCUT2D eigenvalue weighted by molar-refractivity contribution is -0.887. The fraction of sp³-hybridized carbons (Fsp3) is 0.603. The Hall–Kier alpha value is -4.27. The van der Waals surface area contributed by atoms with E-state index in [1.54, 1.807) is 0 Å². The number of rotatable bonds is 44. The largest absolute Gasteiger partial charge is 0.477 e. The zero-order chi connectivity index (χ0) is 48.4. The van der Waals surface area contributed by atoms with Gasteiger partial charge in [-0.1, -0.05) is 187 Å². The summed E-state index contributed by atoms with van der Waals surface area (Å²) >= 11 is 0. The van der Waals surface area contributed by atoms with Crippen LogP contribution in [0.2, 0.25) is 0 Å². The Bertz CT molecular complexity index is 1490. The van der Waals surface area contributed by atoms with Gasteiger partial charge >= 0.3 is 17.9 Å². The van der Waals surface area contributed by atoms with Gasteiger partial charge in [0.2, 0.25) is 0 Å². The van der Waals surface area contributed by atoms with Gasteiger partial charge in [0.05, 0.1) is 34.4 Å². The summed E-state index contributed by atoms with van der Waals surface area (Å²) in [6.45, 7) is 4.41. The third-order valence-electron chi connectivity index (χ3n) is 10.6. The minimum atomic E-state index is -0.891. The lowest BCUT2D eigenvalue weighted by atomic mass is 10.1. The van der Waals surface area contributed by atoms with Crippen LogP contribution >= 0.6 is 0 Å². The second kappa shape index (κ2) is 47.2. The SMILES string of the molecule is CC/C=C\C/C=C\C/C=C\C/C=C\C/C=C\C/C=C\CCC(=O)OC(COCCC(C(=O)O)[N+](C)(C)C)COC(=O)CCCCCCCCCCCC/C=C\C/C=C\C/C=C\C/C=C\CC. The zero-order valence-corrected chi connectivity index (χ0v) is 42.3. The Labute approximate surface area is 403 Å². The second-order valence-electron chi connectivity index (χ2n) is 17.7. The van der Waals surface area contributed by atoms with Crippen LogP contribution in [0.25, 0.3) is 0 Å². The van der Waals surface area contributed by atoms with E-state index in [1.165, 1.54) is 44.9 Å². The van der Waals surface area contributed by atoms with Crippen LogP contribution in [-0.4, -0.2) is 80.6 Å². The molecular formula is C58H94NO7+. The van der Waals surface area contributed by atoms with Crippen LogP contribution in [-0.2, 0) is 28.6 Å². The molecule has 0 aliphatic carbocycles. The Morgan fingerprint density at radius 3 is 1.24 bits per heavy atom. The molecule has 0 saturated carbocycles. The Kier molecular flexibility index (Phi) is 44.2. The van der Waals surface area contributed by atoms with Crippen molar-refractivity contribution in [3.05, 3.63) is 122 Å². The van der Waals surface area contributed by atoms with Crippen molar-refractivity contribution in [3.8, 4) is 0 Å². The maximum Gasteiger partial charge on any atom is 0.362 e. The number of ether oxygens (including phenoxy) is 3. The van der Waals surface area contributed by atoms with E-state index >= 15 is 0 Å². The first-order valence-electron chi connectivity index (χ1n) is 25.6. The van der Waals surface area contributed by atoms with E-state index in [-0.39, 0.29) is 36.7 Å². The summed E-state index contributed by atoms with van der Waals surface area (Å²) < 4.78 is 17.3. The number of hydrogen-bond acceptors (Lipinski definition) is 6. The van der Waals surface area contributed by atoms with Crippen molar-refractivity contribution in [2.24, 2.45) is 0 Å². The molecule has 0 aliphatic heterocycles. The van der Waals surface area contributed by atoms with E-state index in [0.29, 0.717) is 19.3 Å². The first-order chi connectivity index (χ1) is 32.1. The highest BCUT2D eigenvalue weighted by atomic mass is 16.6. The molecule has 66 heavy (non-hydrogen) atoms. The Morgan fingerprint density at radius 1 is 0.455 bits per heavy atom. The van der Waals surface area contributed by atoms with E-state index in [1.807, 2.05) is 33.3 Å². The first-order valence-corrected chi connectivity index (χ1v) is 25.6. The monoisotopic (exact) mass is 917 g/mol. The van der Waals surface area contributed by atoms with Crippen LogP contribution in [0.1, 0.15) is 174 Å². The third-order valence-corrected chi connectivity index (χ3v) is 10.6. The summed E-state index contributed by atoms with van der Waals surface area (Å²) in [4.78, 5) is 37.1. The molecule has 372 valence electrons. The minimum Gasteiger partial charge on any atom is -0.477 e. The van der Waals surface area contributed by atoms with Crippen molar-refractivity contribution < 1.29 is 38.2 Å². The maximum atomic E-state index is 12.8. The summed E-state index contributed by atoms with van der Waals surface area (Å²) in [6.07, 6.45) is 66.9. The number of carboxylic acid groups (broad SMARTS) is 1. The van der Waals surface area contributed by atoms with E-state index in [9.17, 15) is 19.5 Å². The van der Waals surface area contributed by atoms with Crippen molar-refractivity contribution in [2.75, 3.05) is 41.0 Å². The molecule has 0 amide bonds. The molecule has 0 aromatic rings. The molecule has 0 heterocycles. The molecule has 2 atom stereocenters. The quantitative estimate of drug-likeness (QED) is 0.0281. The van der Waals surface area contributed by atoms with Crippen LogP contribution in [0.5, 0.6) is 0 Å². The number of nitrogens with zero attached hydrogens (tertiary/aromatic N) is 1. The van der Waals surface area contributed by atoms with Crippen molar-refractivity contribution >= 4 is 17.9 Å². The first kappa shape index (κ1) is 61.7. The normalized spacial score (nSPS) is 13.9. The van der Waals surface area contributed by atoms with Gasteiger partial charge in [0.15, 0.2) is 12.1 Å². The van der Waals surface area contributed by atoms with Crippen molar-refractivity contribution in [3.63, 3.8) is 0 Å². The lowest BCUT2D eigenvalue weighted by Gasteiger charge is -2.31. The average molecular weight is 917 g/mol. The highest BCUT2D eigenvalue weighted by Crippen LogP contribution is 2.14. The van der Waals surface area contributed by atoms with Crippen LogP contribution in [0.3, 0.4) is 0 Å². The van der Waals surface area contributed by atoms with Gasteiger partial charge in [0, 0.05) is 19.3 Å². The van der Waals surface area contributed by atoms with E-state index in [0.717, 1.165) is 89.9 Å². The maximum absolute atomic E-state index is 12.8. The Morgan fingerprint density at radius 2 is 0.833 bits per heavy atom. The molecule has 0 aromatic heterocycles. The van der Waals surface area contributed by atoms with E-state index in [4.69, 9.17) is 14.2 Å². The van der Waals surface area contributed by atoms with Gasteiger partial charge in [0.25, 0.3) is 0 Å². The molecule has 0 rings (SSSR count). The molecule has 0 radical (unpaired) electrons. The van der Waals surface area contributed by atoms with Gasteiger partial charge in [-0.05, 0) is 89.9 Å². The van der Waals surface area contributed by atoms with Crippen molar-refractivity contribution in [1.82, 2.24) is 0 Å². The number of unbranched alkanes of at least 4 members (excludes halogenated alkanes) is 10. The number of aliphatic carboxylic acids is 1. The van der Waals surface area contributed by atoms with Gasteiger partial charge < -0.3 is 23.8 Å². The van der Waals surface area contributed by atoms with Gasteiger partial charge in [0.1, 0.15) is 6.61 Å². The predicted molar refractivity (Wildman–Crippen MR) is 279 cm³/mol. The molecular weight excluding hydrogens is 823 g/mol. The lowest BCUT2D eigenvalue weighted by Crippen LogP contribution is -2.50. The predicted octanol–water partition coefficient (Wildman–Crippen LogP) is 15.0. The summed E-state index contributed by atoms with van der Waals surface area (Å²) in [6, 6.07) is -0.636. The molecule has 0 aromatic carbocycles. The summed E-state index contributed by atoms with van der Waals surface area (Å²) in [5, 5.41) is 9.65. The summed E-state index contributed by atoms with van der Waals surface area (Å²) in [7, 11) is 5.50. The number of hydrogen-bond donors (Lipinski definition) is 1. The molecule has 8 nitrogen and oxygen atoms in total.